The van der Waals surface area contributed by atoms with Gasteiger partial charge in [-0.05, 0) is 12.1 Å². The Bertz CT molecular complexity index is 481. The summed E-state index contributed by atoms with van der Waals surface area (Å²) >= 11 is 1.43. The van der Waals surface area contributed by atoms with Gasteiger partial charge in [0, 0.05) is 18.1 Å². The third-order valence-electron chi connectivity index (χ3n) is 2.36. The lowest BCUT2D eigenvalue weighted by Gasteiger charge is -2.06. The molecule has 2 rings (SSSR count). The second-order valence-corrected chi connectivity index (χ2v) is 4.89. The number of thioether (sulfide) groups is 1. The fourth-order valence-corrected chi connectivity index (χ4v) is 2.54. The van der Waals surface area contributed by atoms with Gasteiger partial charge in [0.1, 0.15) is 12.6 Å². The summed E-state index contributed by atoms with van der Waals surface area (Å²) in [5.74, 6) is 0. The number of hydrogen-bond acceptors (Lipinski definition) is 4. The Morgan fingerprint density at radius 1 is 1.24 bits per heavy atom. The maximum absolute atomic E-state index is 10.5. The molecule has 0 aliphatic rings. The lowest BCUT2D eigenvalue weighted by Crippen LogP contribution is -2.04. The molecule has 0 saturated heterocycles. The number of benzene rings is 1. The van der Waals surface area contributed by atoms with Crippen molar-refractivity contribution in [3.05, 3.63) is 24.3 Å². The highest BCUT2D eigenvalue weighted by Crippen LogP contribution is 2.26. The summed E-state index contributed by atoms with van der Waals surface area (Å²) in [5.41, 5.74) is 1.86. The number of H-pyrrole nitrogens is 1. The van der Waals surface area contributed by atoms with Gasteiger partial charge in [-0.1, -0.05) is 23.9 Å². The highest BCUT2D eigenvalue weighted by Gasteiger charge is 2.12. The van der Waals surface area contributed by atoms with Gasteiger partial charge in [-0.2, -0.15) is 0 Å². The topological polar surface area (TPSA) is 62.8 Å². The molecule has 0 aliphatic carbocycles. The van der Waals surface area contributed by atoms with Gasteiger partial charge >= 0.3 is 0 Å². The van der Waals surface area contributed by atoms with Gasteiger partial charge in [-0.15, -0.1) is 0 Å². The smallest absolute Gasteiger partial charge is 0.166 e. The largest absolute Gasteiger partial charge is 0.333 e. The summed E-state index contributed by atoms with van der Waals surface area (Å²) in [6.45, 7) is 0. The number of hydrogen-bond donors (Lipinski definition) is 1. The Hall–Kier alpha value is -1.62. The van der Waals surface area contributed by atoms with Crippen molar-refractivity contribution in [1.82, 2.24) is 9.97 Å². The lowest BCUT2D eigenvalue weighted by atomic mass is 10.2. The van der Waals surface area contributed by atoms with E-state index in [9.17, 15) is 9.59 Å². The van der Waals surface area contributed by atoms with Crippen LogP contribution in [0.1, 0.15) is 12.8 Å². The first-order valence-corrected chi connectivity index (χ1v) is 6.20. The normalized spacial score (nSPS) is 10.9. The number of nitrogens with one attached hydrogen (secondary N) is 1. The van der Waals surface area contributed by atoms with Gasteiger partial charge < -0.3 is 14.6 Å². The van der Waals surface area contributed by atoms with Gasteiger partial charge in [-0.3, -0.25) is 0 Å². The number of fused-ring (bicyclic) bond motifs is 1. The molecule has 0 unspecified atom stereocenters. The average Bonchev–Trinajstić information content (AvgIpc) is 2.71. The highest BCUT2D eigenvalue weighted by molar-refractivity contribution is 7.99. The quantitative estimate of drug-likeness (QED) is 0.629. The van der Waals surface area contributed by atoms with Crippen LogP contribution < -0.4 is 0 Å². The first-order chi connectivity index (χ1) is 8.33. The van der Waals surface area contributed by atoms with Gasteiger partial charge in [0.2, 0.25) is 0 Å². The molecule has 0 atom stereocenters. The zero-order chi connectivity index (χ0) is 12.1. The fourth-order valence-electron chi connectivity index (χ4n) is 1.55. The molecule has 1 aromatic heterocycles. The molecule has 1 heterocycles. The van der Waals surface area contributed by atoms with Crippen LogP contribution in [-0.4, -0.2) is 27.8 Å². The molecule has 0 bridgehead atoms. The van der Waals surface area contributed by atoms with Crippen LogP contribution in [-0.2, 0) is 9.59 Å². The average molecular weight is 248 g/mol. The zero-order valence-electron chi connectivity index (χ0n) is 9.13. The maximum atomic E-state index is 10.5. The number of rotatable bonds is 6. The van der Waals surface area contributed by atoms with Crippen molar-refractivity contribution in [3.63, 3.8) is 0 Å². The molecule has 0 fully saturated rings. The second kappa shape index (κ2) is 5.63. The minimum atomic E-state index is -0.0365. The molecule has 17 heavy (non-hydrogen) atoms. The molecule has 0 radical (unpaired) electrons. The van der Waals surface area contributed by atoms with Gasteiger partial charge in [0.25, 0.3) is 0 Å². The minimum Gasteiger partial charge on any atom is -0.333 e. The Morgan fingerprint density at radius 2 is 1.94 bits per heavy atom. The van der Waals surface area contributed by atoms with Crippen molar-refractivity contribution in [2.45, 2.75) is 23.2 Å². The predicted molar refractivity (Wildman–Crippen MR) is 67.1 cm³/mol. The Labute approximate surface area is 103 Å². The van der Waals surface area contributed by atoms with E-state index in [0.29, 0.717) is 12.8 Å². The van der Waals surface area contributed by atoms with E-state index in [1.807, 2.05) is 24.3 Å². The van der Waals surface area contributed by atoms with Crippen molar-refractivity contribution in [1.29, 1.82) is 0 Å². The van der Waals surface area contributed by atoms with Crippen molar-refractivity contribution < 1.29 is 9.59 Å². The monoisotopic (exact) mass is 248 g/mol. The van der Waals surface area contributed by atoms with Gasteiger partial charge in [0.05, 0.1) is 11.0 Å². The summed E-state index contributed by atoms with van der Waals surface area (Å²) in [6.07, 6.45) is 2.40. The molecule has 0 amide bonds. The third-order valence-corrected chi connectivity index (χ3v) is 3.50. The van der Waals surface area contributed by atoms with Crippen LogP contribution in [0.25, 0.3) is 11.0 Å². The van der Waals surface area contributed by atoms with Crippen molar-refractivity contribution >= 4 is 35.4 Å². The summed E-state index contributed by atoms with van der Waals surface area (Å²) in [4.78, 5) is 28.5. The fraction of sp³-hybridized carbons (Fsp3) is 0.250. The van der Waals surface area contributed by atoms with Crippen molar-refractivity contribution in [2.75, 3.05) is 0 Å². The Morgan fingerprint density at radius 3 is 2.59 bits per heavy atom. The van der Waals surface area contributed by atoms with E-state index in [1.165, 1.54) is 11.8 Å². The molecule has 0 saturated carbocycles. The molecule has 4 nitrogen and oxygen atoms in total. The third kappa shape index (κ3) is 2.94. The maximum Gasteiger partial charge on any atom is 0.166 e. The predicted octanol–water partition coefficient (Wildman–Crippen LogP) is 2.20. The van der Waals surface area contributed by atoms with Crippen molar-refractivity contribution in [2.24, 2.45) is 0 Å². The SMILES string of the molecule is O=CCC(CC=O)Sc1nc2ccccc2[nH]1. The molecule has 1 aromatic carbocycles. The van der Waals surface area contributed by atoms with Crippen LogP contribution in [0, 0.1) is 0 Å². The van der Waals surface area contributed by atoms with E-state index in [4.69, 9.17) is 0 Å². The zero-order valence-corrected chi connectivity index (χ0v) is 9.94. The molecule has 0 spiro atoms. The van der Waals surface area contributed by atoms with Crippen LogP contribution in [0.5, 0.6) is 0 Å². The number of aromatic nitrogens is 2. The van der Waals surface area contributed by atoms with Gasteiger partial charge in [-0.25, -0.2) is 4.98 Å². The highest BCUT2D eigenvalue weighted by atomic mass is 32.2. The number of carbonyl (C=O) groups is 2. The number of aromatic amines is 1. The summed E-state index contributed by atoms with van der Waals surface area (Å²) in [7, 11) is 0. The van der Waals surface area contributed by atoms with E-state index < -0.39 is 0 Å². The van der Waals surface area contributed by atoms with E-state index in [2.05, 4.69) is 9.97 Å². The van der Waals surface area contributed by atoms with E-state index in [0.717, 1.165) is 28.8 Å². The molecular weight excluding hydrogens is 236 g/mol. The van der Waals surface area contributed by atoms with Gasteiger partial charge in [0.15, 0.2) is 5.16 Å². The molecular formula is C12H12N2O2S. The Kier molecular flexibility index (Phi) is 3.93. The second-order valence-electron chi connectivity index (χ2n) is 3.60. The summed E-state index contributed by atoms with van der Waals surface area (Å²) < 4.78 is 0. The summed E-state index contributed by atoms with van der Waals surface area (Å²) in [6, 6.07) is 7.72. The van der Waals surface area contributed by atoms with Crippen LogP contribution in [0.3, 0.4) is 0 Å². The van der Waals surface area contributed by atoms with Crippen molar-refractivity contribution in [3.8, 4) is 0 Å². The van der Waals surface area contributed by atoms with E-state index in [-0.39, 0.29) is 5.25 Å². The standard InChI is InChI=1S/C12H12N2O2S/c15-7-5-9(6-8-16)17-12-13-10-3-1-2-4-11(10)14-12/h1-4,7-9H,5-6H2,(H,13,14). The lowest BCUT2D eigenvalue weighted by molar-refractivity contribution is -0.108. The van der Waals surface area contributed by atoms with Crippen LogP contribution in [0.4, 0.5) is 0 Å². The van der Waals surface area contributed by atoms with E-state index in [1.54, 1.807) is 0 Å². The molecule has 88 valence electrons. The first kappa shape index (κ1) is 11.9. The van der Waals surface area contributed by atoms with Crippen LogP contribution in [0.2, 0.25) is 0 Å². The minimum absolute atomic E-state index is 0.0365. The molecule has 0 aliphatic heterocycles. The van der Waals surface area contributed by atoms with Crippen LogP contribution >= 0.6 is 11.8 Å². The Balaban J connectivity index is 2.15. The molecule has 1 N–H and O–H groups in total. The molecule has 5 heteroatoms. The number of imidazole rings is 1. The number of carbonyl (C=O) groups excluding carboxylic acids is 2. The van der Waals surface area contributed by atoms with Crippen LogP contribution in [0.15, 0.2) is 29.4 Å². The molecule has 2 aromatic rings. The van der Waals surface area contributed by atoms with E-state index >= 15 is 0 Å². The first-order valence-electron chi connectivity index (χ1n) is 5.32. The summed E-state index contributed by atoms with van der Waals surface area (Å²) in [5, 5.41) is 0.713. The number of nitrogens with zero attached hydrogens (tertiary/aromatic N) is 1. The number of aldehydes is 2. The number of para-hydroxylation sites is 2.